The Balaban J connectivity index is 2.07. The summed E-state index contributed by atoms with van der Waals surface area (Å²) < 4.78 is 26.1. The normalized spacial score (nSPS) is 10.9. The molecule has 3 nitrogen and oxygen atoms in total. The van der Waals surface area contributed by atoms with Crippen LogP contribution < -0.4 is 5.32 Å². The molecule has 96 valence electrons. The largest absolute Gasteiger partial charge is 0.378 e. The minimum Gasteiger partial charge on any atom is -0.378 e. The van der Waals surface area contributed by atoms with Gasteiger partial charge in [0.05, 0.1) is 6.54 Å². The second-order valence-corrected chi connectivity index (χ2v) is 4.18. The van der Waals surface area contributed by atoms with Crippen LogP contribution >= 0.6 is 0 Å². The lowest BCUT2D eigenvalue weighted by Crippen LogP contribution is -2.09. The topological polar surface area (TPSA) is 29.9 Å². The highest BCUT2D eigenvalue weighted by Gasteiger charge is 2.10. The van der Waals surface area contributed by atoms with Gasteiger partial charge in [-0.15, -0.1) is 0 Å². The summed E-state index contributed by atoms with van der Waals surface area (Å²) >= 11 is 0. The molecule has 0 saturated carbocycles. The zero-order valence-corrected chi connectivity index (χ0v) is 10.3. The second kappa shape index (κ2) is 5.16. The Kier molecular flexibility index (Phi) is 3.60. The number of nitrogens with one attached hydrogen (secondary N) is 1. The van der Waals surface area contributed by atoms with Gasteiger partial charge in [0.2, 0.25) is 0 Å². The Morgan fingerprint density at radius 3 is 2.72 bits per heavy atom. The van der Waals surface area contributed by atoms with Crippen molar-refractivity contribution in [2.24, 2.45) is 0 Å². The molecule has 0 bridgehead atoms. The van der Waals surface area contributed by atoms with E-state index in [1.54, 1.807) is 0 Å². The number of hydrogen-bond acceptors (Lipinski definition) is 2. The molecule has 2 rings (SSSR count). The summed E-state index contributed by atoms with van der Waals surface area (Å²) in [6, 6.07) is 5.92. The Morgan fingerprint density at radius 2 is 2.06 bits per heavy atom. The molecule has 0 fully saturated rings. The van der Waals surface area contributed by atoms with Gasteiger partial charge in [0.1, 0.15) is 5.82 Å². The first kappa shape index (κ1) is 12.5. The summed E-state index contributed by atoms with van der Waals surface area (Å²) in [7, 11) is 0. The molecular formula is C13H15F2N3. The third-order valence-electron chi connectivity index (χ3n) is 2.92. The molecule has 0 aliphatic rings. The second-order valence-electron chi connectivity index (χ2n) is 4.18. The van der Waals surface area contributed by atoms with Crippen molar-refractivity contribution in [3.63, 3.8) is 0 Å². The zero-order valence-electron chi connectivity index (χ0n) is 10.3. The van der Waals surface area contributed by atoms with Gasteiger partial charge < -0.3 is 5.32 Å². The van der Waals surface area contributed by atoms with E-state index in [1.807, 2.05) is 32.0 Å². The van der Waals surface area contributed by atoms with E-state index < -0.39 is 6.55 Å². The lowest BCUT2D eigenvalue weighted by atomic mass is 10.1. The maximum Gasteiger partial charge on any atom is 0.319 e. The predicted octanol–water partition coefficient (Wildman–Crippen LogP) is 3.51. The molecule has 5 heteroatoms. The van der Waals surface area contributed by atoms with Crippen LogP contribution in [0.1, 0.15) is 23.5 Å². The molecule has 0 unspecified atom stereocenters. The smallest absolute Gasteiger partial charge is 0.319 e. The first-order chi connectivity index (χ1) is 8.58. The summed E-state index contributed by atoms with van der Waals surface area (Å²) in [5, 5.41) is 3.09. The highest BCUT2D eigenvalue weighted by Crippen LogP contribution is 2.16. The predicted molar refractivity (Wildman–Crippen MR) is 66.7 cm³/mol. The van der Waals surface area contributed by atoms with E-state index >= 15 is 0 Å². The quantitative estimate of drug-likeness (QED) is 0.901. The van der Waals surface area contributed by atoms with Gasteiger partial charge in [-0.1, -0.05) is 6.07 Å². The Hall–Kier alpha value is -1.91. The number of halogens is 2. The zero-order chi connectivity index (χ0) is 13.1. The van der Waals surface area contributed by atoms with Crippen LogP contribution in [-0.2, 0) is 6.54 Å². The van der Waals surface area contributed by atoms with Crippen molar-refractivity contribution in [2.75, 3.05) is 5.32 Å². The number of aromatic nitrogens is 2. The fraction of sp³-hybridized carbons (Fsp3) is 0.308. The Labute approximate surface area is 104 Å². The average Bonchev–Trinajstić information content (AvgIpc) is 2.79. The van der Waals surface area contributed by atoms with Gasteiger partial charge in [0.25, 0.3) is 0 Å². The van der Waals surface area contributed by atoms with Crippen LogP contribution in [0.2, 0.25) is 0 Å². The third kappa shape index (κ3) is 2.67. The summed E-state index contributed by atoms with van der Waals surface area (Å²) in [5.41, 5.74) is 3.27. The molecule has 0 radical (unpaired) electrons. The van der Waals surface area contributed by atoms with E-state index in [9.17, 15) is 8.78 Å². The molecular weight excluding hydrogens is 236 g/mol. The van der Waals surface area contributed by atoms with Crippen LogP contribution in [0.3, 0.4) is 0 Å². The van der Waals surface area contributed by atoms with Gasteiger partial charge in [0.15, 0.2) is 0 Å². The van der Waals surface area contributed by atoms with Crippen molar-refractivity contribution in [3.8, 4) is 0 Å². The van der Waals surface area contributed by atoms with Crippen molar-refractivity contribution >= 4 is 5.69 Å². The summed E-state index contributed by atoms with van der Waals surface area (Å²) in [4.78, 5) is 3.91. The van der Waals surface area contributed by atoms with Gasteiger partial charge in [-0.3, -0.25) is 4.57 Å². The minimum absolute atomic E-state index is 0.278. The Morgan fingerprint density at radius 1 is 1.28 bits per heavy atom. The van der Waals surface area contributed by atoms with Crippen molar-refractivity contribution < 1.29 is 8.78 Å². The SMILES string of the molecule is Cc1ccc(NCc2nccn2C(F)F)cc1C. The van der Waals surface area contributed by atoms with Crippen LogP contribution in [0.25, 0.3) is 0 Å². The summed E-state index contributed by atoms with van der Waals surface area (Å²) in [5.74, 6) is 0.322. The lowest BCUT2D eigenvalue weighted by molar-refractivity contribution is 0.0673. The van der Waals surface area contributed by atoms with Crippen LogP contribution in [0.15, 0.2) is 30.6 Å². The standard InChI is InChI=1S/C13H15F2N3/c1-9-3-4-11(7-10(9)2)17-8-12-16-5-6-18(12)13(14)15/h3-7,13,17H,8H2,1-2H3. The molecule has 0 saturated heterocycles. The van der Waals surface area contributed by atoms with E-state index in [0.29, 0.717) is 5.82 Å². The summed E-state index contributed by atoms with van der Waals surface area (Å²) in [6.07, 6.45) is 2.66. The van der Waals surface area contributed by atoms with Gasteiger partial charge in [0, 0.05) is 18.1 Å². The molecule has 0 aliphatic carbocycles. The van der Waals surface area contributed by atoms with Gasteiger partial charge in [-0.2, -0.15) is 8.78 Å². The number of alkyl halides is 2. The maximum atomic E-state index is 12.6. The molecule has 0 atom stereocenters. The fourth-order valence-electron chi connectivity index (χ4n) is 1.69. The van der Waals surface area contributed by atoms with E-state index in [2.05, 4.69) is 10.3 Å². The molecule has 0 spiro atoms. The molecule has 1 aromatic heterocycles. The minimum atomic E-state index is -2.55. The number of imidazole rings is 1. The Bertz CT molecular complexity index is 535. The molecule has 1 heterocycles. The molecule has 0 aliphatic heterocycles. The lowest BCUT2D eigenvalue weighted by Gasteiger charge is -2.10. The summed E-state index contributed by atoms with van der Waals surface area (Å²) in [6.45, 7) is 1.77. The first-order valence-corrected chi connectivity index (χ1v) is 5.69. The van der Waals surface area contributed by atoms with Crippen molar-refractivity contribution in [1.29, 1.82) is 0 Å². The van der Waals surface area contributed by atoms with Crippen LogP contribution in [0.5, 0.6) is 0 Å². The van der Waals surface area contributed by atoms with E-state index in [4.69, 9.17) is 0 Å². The number of hydrogen-bond donors (Lipinski definition) is 1. The van der Waals surface area contributed by atoms with E-state index in [1.165, 1.54) is 18.0 Å². The number of anilines is 1. The van der Waals surface area contributed by atoms with Gasteiger partial charge in [-0.05, 0) is 37.1 Å². The molecule has 0 amide bonds. The molecule has 2 aromatic rings. The van der Waals surface area contributed by atoms with Crippen molar-refractivity contribution in [2.45, 2.75) is 26.9 Å². The van der Waals surface area contributed by atoms with E-state index in [0.717, 1.165) is 15.8 Å². The van der Waals surface area contributed by atoms with Crippen molar-refractivity contribution in [3.05, 3.63) is 47.5 Å². The maximum absolute atomic E-state index is 12.6. The average molecular weight is 251 g/mol. The third-order valence-corrected chi connectivity index (χ3v) is 2.92. The molecule has 1 aromatic carbocycles. The highest BCUT2D eigenvalue weighted by atomic mass is 19.3. The van der Waals surface area contributed by atoms with Gasteiger partial charge >= 0.3 is 6.55 Å². The van der Waals surface area contributed by atoms with Crippen LogP contribution in [-0.4, -0.2) is 9.55 Å². The van der Waals surface area contributed by atoms with Crippen molar-refractivity contribution in [1.82, 2.24) is 9.55 Å². The number of nitrogens with zero attached hydrogens (tertiary/aromatic N) is 2. The highest BCUT2D eigenvalue weighted by molar-refractivity contribution is 5.48. The number of aryl methyl sites for hydroxylation is 2. The first-order valence-electron chi connectivity index (χ1n) is 5.69. The molecule has 18 heavy (non-hydrogen) atoms. The van der Waals surface area contributed by atoms with E-state index in [-0.39, 0.29) is 6.54 Å². The van der Waals surface area contributed by atoms with Crippen LogP contribution in [0, 0.1) is 13.8 Å². The van der Waals surface area contributed by atoms with Gasteiger partial charge in [-0.25, -0.2) is 4.98 Å². The number of rotatable bonds is 4. The van der Waals surface area contributed by atoms with Crippen LogP contribution in [0.4, 0.5) is 14.5 Å². The molecule has 1 N–H and O–H groups in total. The fourth-order valence-corrected chi connectivity index (χ4v) is 1.69. The number of benzene rings is 1. The monoisotopic (exact) mass is 251 g/mol.